The molecule has 0 amide bonds. The molecule has 3 nitrogen and oxygen atoms in total. The molecule has 0 saturated carbocycles. The summed E-state index contributed by atoms with van der Waals surface area (Å²) < 4.78 is 61.9. The van der Waals surface area contributed by atoms with Crippen molar-refractivity contribution in [3.05, 3.63) is 29.3 Å². The third kappa shape index (κ3) is 4.98. The number of carbonyl (C=O) groups excluding carboxylic acids is 1. The van der Waals surface area contributed by atoms with Gasteiger partial charge in [-0.2, -0.15) is 8.78 Å². The van der Waals surface area contributed by atoms with Crippen LogP contribution in [0.3, 0.4) is 0 Å². The Morgan fingerprint density at radius 1 is 1.09 bits per heavy atom. The minimum absolute atomic E-state index is 0.0398. The number of esters is 1. The predicted octanol–water partition coefficient (Wildman–Crippen LogP) is 4.24. The van der Waals surface area contributed by atoms with E-state index in [4.69, 9.17) is 4.74 Å². The van der Waals surface area contributed by atoms with E-state index in [1.54, 1.807) is 0 Å². The van der Waals surface area contributed by atoms with E-state index in [-0.39, 0.29) is 19.1 Å². The van der Waals surface area contributed by atoms with Crippen molar-refractivity contribution in [2.45, 2.75) is 34.1 Å². The van der Waals surface area contributed by atoms with Gasteiger partial charge >= 0.3 is 5.97 Å². The van der Waals surface area contributed by atoms with Gasteiger partial charge < -0.3 is 9.47 Å². The molecule has 0 unspecified atom stereocenters. The Bertz CT molecular complexity index is 490. The van der Waals surface area contributed by atoms with E-state index >= 15 is 0 Å². The van der Waals surface area contributed by atoms with Crippen LogP contribution in [0.15, 0.2) is 6.07 Å². The van der Waals surface area contributed by atoms with Gasteiger partial charge in [-0.1, -0.05) is 13.8 Å². The monoisotopic (exact) mass is 324 g/mol. The Labute approximate surface area is 127 Å². The number of hydrogen-bond donors (Lipinski definition) is 0. The summed E-state index contributed by atoms with van der Waals surface area (Å²) in [6.45, 7) is 7.13. The zero-order valence-electron chi connectivity index (χ0n) is 13.2. The van der Waals surface area contributed by atoms with Gasteiger partial charge in [-0.3, -0.25) is 4.79 Å². The van der Waals surface area contributed by atoms with E-state index in [9.17, 15) is 22.4 Å². The molecule has 0 aromatic heterocycles. The fraction of sp³-hybridized carbons (Fsp3) is 0.533. The van der Waals surface area contributed by atoms with Crippen LogP contribution in [0.5, 0.6) is 5.75 Å². The first kappa shape index (κ1) is 20.4. The molecule has 0 saturated heterocycles. The van der Waals surface area contributed by atoms with Crippen molar-refractivity contribution >= 4 is 5.97 Å². The van der Waals surface area contributed by atoms with Crippen LogP contribution in [0.25, 0.3) is 0 Å². The fourth-order valence-electron chi connectivity index (χ4n) is 1.33. The van der Waals surface area contributed by atoms with Crippen LogP contribution in [0.4, 0.5) is 17.6 Å². The molecule has 22 heavy (non-hydrogen) atoms. The minimum atomic E-state index is -1.75. The number of hydrogen-bond acceptors (Lipinski definition) is 3. The van der Waals surface area contributed by atoms with Crippen LogP contribution in [-0.4, -0.2) is 19.7 Å². The van der Waals surface area contributed by atoms with E-state index in [0.717, 1.165) is 0 Å². The van der Waals surface area contributed by atoms with Gasteiger partial charge in [0, 0.05) is 19.8 Å². The van der Waals surface area contributed by atoms with Crippen molar-refractivity contribution in [1.29, 1.82) is 0 Å². The standard InChI is InChI=1S/C13H14F4O3.C2H6/c1-13(2,4-5-19-3)12(18)20-11-9(16)7(14)6-8(15)10(11)17;1-2/h6H,4-5H2,1-3H3;1-2H3. The van der Waals surface area contributed by atoms with E-state index in [1.807, 2.05) is 13.8 Å². The highest BCUT2D eigenvalue weighted by molar-refractivity contribution is 5.78. The minimum Gasteiger partial charge on any atom is -0.420 e. The van der Waals surface area contributed by atoms with E-state index < -0.39 is 40.4 Å². The SMILES string of the molecule is CC.COCCC(C)(C)C(=O)Oc1c(F)c(F)cc(F)c1F. The third-order valence-corrected chi connectivity index (χ3v) is 2.75. The lowest BCUT2D eigenvalue weighted by Gasteiger charge is -2.22. The number of benzene rings is 1. The molecular formula is C15H20F4O3. The summed E-state index contributed by atoms with van der Waals surface area (Å²) in [5.74, 6) is -9.17. The topological polar surface area (TPSA) is 35.5 Å². The van der Waals surface area contributed by atoms with E-state index in [0.29, 0.717) is 0 Å². The van der Waals surface area contributed by atoms with Gasteiger partial charge in [0.25, 0.3) is 0 Å². The number of halogens is 4. The van der Waals surface area contributed by atoms with Gasteiger partial charge in [0.05, 0.1) is 5.41 Å². The van der Waals surface area contributed by atoms with Gasteiger partial charge in [0.2, 0.25) is 17.4 Å². The number of carbonyl (C=O) groups is 1. The van der Waals surface area contributed by atoms with E-state index in [2.05, 4.69) is 4.74 Å². The third-order valence-electron chi connectivity index (χ3n) is 2.75. The normalized spacial score (nSPS) is 10.8. The number of ether oxygens (including phenoxy) is 2. The molecule has 0 heterocycles. The maximum atomic E-state index is 13.4. The maximum absolute atomic E-state index is 13.4. The second kappa shape index (κ2) is 8.73. The Balaban J connectivity index is 0.00000211. The molecule has 0 radical (unpaired) electrons. The summed E-state index contributed by atoms with van der Waals surface area (Å²) >= 11 is 0. The van der Waals surface area contributed by atoms with E-state index in [1.165, 1.54) is 21.0 Å². The average Bonchev–Trinajstić information content (AvgIpc) is 2.49. The molecule has 0 atom stereocenters. The first-order valence-electron chi connectivity index (χ1n) is 6.75. The van der Waals surface area contributed by atoms with Crippen LogP contribution in [0, 0.1) is 28.7 Å². The summed E-state index contributed by atoms with van der Waals surface area (Å²) in [5.41, 5.74) is -1.13. The summed E-state index contributed by atoms with van der Waals surface area (Å²) in [6, 6.07) is 0.0398. The first-order valence-corrected chi connectivity index (χ1v) is 6.75. The zero-order valence-corrected chi connectivity index (χ0v) is 13.2. The van der Waals surface area contributed by atoms with Crippen LogP contribution >= 0.6 is 0 Å². The fourth-order valence-corrected chi connectivity index (χ4v) is 1.33. The van der Waals surface area contributed by atoms with Crippen molar-refractivity contribution in [3.63, 3.8) is 0 Å². The highest BCUT2D eigenvalue weighted by Crippen LogP contribution is 2.30. The molecule has 0 aliphatic rings. The predicted molar refractivity (Wildman–Crippen MR) is 73.5 cm³/mol. The Hall–Kier alpha value is -1.63. The lowest BCUT2D eigenvalue weighted by atomic mass is 9.90. The maximum Gasteiger partial charge on any atom is 0.317 e. The summed E-state index contributed by atoms with van der Waals surface area (Å²) in [6.07, 6.45) is 0.212. The lowest BCUT2D eigenvalue weighted by molar-refractivity contribution is -0.145. The molecule has 0 aliphatic heterocycles. The van der Waals surface area contributed by atoms with Gasteiger partial charge in [0.1, 0.15) is 0 Å². The molecule has 0 N–H and O–H groups in total. The van der Waals surface area contributed by atoms with Crippen molar-refractivity contribution in [2.75, 3.05) is 13.7 Å². The number of rotatable bonds is 5. The van der Waals surface area contributed by atoms with Crippen LogP contribution in [0.1, 0.15) is 34.1 Å². The first-order chi connectivity index (χ1) is 10.2. The summed E-state index contributed by atoms with van der Waals surface area (Å²) in [5, 5.41) is 0. The largest absolute Gasteiger partial charge is 0.420 e. The zero-order chi connectivity index (χ0) is 17.5. The van der Waals surface area contributed by atoms with Crippen LogP contribution in [0.2, 0.25) is 0 Å². The summed E-state index contributed by atoms with van der Waals surface area (Å²) in [7, 11) is 1.42. The highest BCUT2D eigenvalue weighted by atomic mass is 19.2. The molecule has 0 bridgehead atoms. The second-order valence-corrected chi connectivity index (χ2v) is 4.81. The Morgan fingerprint density at radius 2 is 1.55 bits per heavy atom. The van der Waals surface area contributed by atoms with Crippen molar-refractivity contribution in [1.82, 2.24) is 0 Å². The smallest absolute Gasteiger partial charge is 0.317 e. The van der Waals surface area contributed by atoms with Crippen LogP contribution < -0.4 is 4.74 Å². The molecule has 7 heteroatoms. The second-order valence-electron chi connectivity index (χ2n) is 4.81. The molecule has 0 aliphatic carbocycles. The Morgan fingerprint density at radius 3 is 1.95 bits per heavy atom. The molecular weight excluding hydrogens is 304 g/mol. The van der Waals surface area contributed by atoms with Gasteiger partial charge in [-0.05, 0) is 20.3 Å². The molecule has 0 fully saturated rings. The Kier molecular flexibility index (Phi) is 8.08. The average molecular weight is 324 g/mol. The molecule has 1 aromatic rings. The van der Waals surface area contributed by atoms with Crippen molar-refractivity contribution in [3.8, 4) is 5.75 Å². The van der Waals surface area contributed by atoms with Gasteiger partial charge in [-0.15, -0.1) is 0 Å². The quantitative estimate of drug-likeness (QED) is 0.352. The molecule has 1 rings (SSSR count). The highest BCUT2D eigenvalue weighted by Gasteiger charge is 2.32. The molecule has 126 valence electrons. The van der Waals surface area contributed by atoms with Gasteiger partial charge in [0.15, 0.2) is 11.6 Å². The lowest BCUT2D eigenvalue weighted by Crippen LogP contribution is -2.31. The number of methoxy groups -OCH3 is 1. The van der Waals surface area contributed by atoms with Crippen molar-refractivity contribution in [2.24, 2.45) is 5.41 Å². The molecule has 1 aromatic carbocycles. The van der Waals surface area contributed by atoms with Gasteiger partial charge in [-0.25, -0.2) is 8.78 Å². The molecule has 0 spiro atoms. The summed E-state index contributed by atoms with van der Waals surface area (Å²) in [4.78, 5) is 11.8. The van der Waals surface area contributed by atoms with Crippen molar-refractivity contribution < 1.29 is 31.8 Å². The van der Waals surface area contributed by atoms with Crippen LogP contribution in [-0.2, 0) is 9.53 Å².